The van der Waals surface area contributed by atoms with Gasteiger partial charge in [-0.1, -0.05) is 48.5 Å². The Hall–Kier alpha value is -3.49. The van der Waals surface area contributed by atoms with Crippen molar-refractivity contribution in [1.29, 1.82) is 0 Å². The van der Waals surface area contributed by atoms with Crippen LogP contribution in [-0.2, 0) is 19.2 Å². The summed E-state index contributed by atoms with van der Waals surface area (Å²) < 4.78 is 4.94. The molecule has 2 fully saturated rings. The first-order valence-electron chi connectivity index (χ1n) is 10.6. The number of hydrogen-bond donors (Lipinski definition) is 0. The Balaban J connectivity index is 1.60. The first kappa shape index (κ1) is 21.4. The molecule has 168 valence electrons. The Bertz CT molecular complexity index is 1240. The summed E-state index contributed by atoms with van der Waals surface area (Å²) in [6, 6.07) is 18.5. The van der Waals surface area contributed by atoms with Crippen LogP contribution in [0.1, 0.15) is 32.4 Å². The quantitative estimate of drug-likeness (QED) is 0.427. The number of imide groups is 1. The van der Waals surface area contributed by atoms with E-state index in [-0.39, 0.29) is 11.5 Å². The second-order valence-corrected chi connectivity index (χ2v) is 9.24. The van der Waals surface area contributed by atoms with Gasteiger partial charge in [0.05, 0.1) is 24.4 Å². The van der Waals surface area contributed by atoms with E-state index in [0.717, 1.165) is 21.0 Å². The molecule has 2 aliphatic heterocycles. The first-order chi connectivity index (χ1) is 15.9. The monoisotopic (exact) mass is 462 g/mol. The van der Waals surface area contributed by atoms with Crippen LogP contribution >= 0.6 is 11.3 Å². The average Bonchev–Trinajstić information content (AvgIpc) is 3.45. The zero-order valence-corrected chi connectivity index (χ0v) is 19.2. The van der Waals surface area contributed by atoms with Gasteiger partial charge in [0.2, 0.25) is 5.91 Å². The molecular weight excluding hydrogens is 440 g/mol. The fraction of sp³-hybridized carbons (Fsp3) is 0.240. The number of rotatable bonds is 4. The Morgan fingerprint density at radius 3 is 2.24 bits per heavy atom. The van der Waals surface area contributed by atoms with E-state index in [2.05, 4.69) is 0 Å². The highest BCUT2D eigenvalue weighted by Crippen LogP contribution is 2.49. The lowest BCUT2D eigenvalue weighted by molar-refractivity contribution is -0.126. The molecular formula is C25H22N2O5S. The Morgan fingerprint density at radius 1 is 0.970 bits per heavy atom. The third-order valence-corrected chi connectivity index (χ3v) is 7.42. The molecule has 2 aromatic carbocycles. The largest absolute Gasteiger partial charge is 0.465 e. The molecule has 3 heterocycles. The maximum atomic E-state index is 13.8. The molecule has 0 aliphatic carbocycles. The van der Waals surface area contributed by atoms with E-state index in [1.807, 2.05) is 67.6 Å². The summed E-state index contributed by atoms with van der Waals surface area (Å²) in [6.45, 7) is 3.63. The van der Waals surface area contributed by atoms with Gasteiger partial charge in [0.15, 0.2) is 6.10 Å². The van der Waals surface area contributed by atoms with E-state index in [9.17, 15) is 14.4 Å². The standard InChI is InChI=1S/C25H22N2O5S/c1-14-15(2)33-24(18(14)25(30)31-3)26-22(28)19-20(16-10-6-4-7-11-16)27(32-21(19)23(26)29)17-12-8-5-9-13-17/h4-13,19-21H,1-3H3/t19-,20+,21+/m1/s1. The van der Waals surface area contributed by atoms with Gasteiger partial charge in [0, 0.05) is 4.88 Å². The van der Waals surface area contributed by atoms with Crippen molar-refractivity contribution in [3.63, 3.8) is 0 Å². The SMILES string of the molecule is COC(=O)c1c(N2C(=O)[C@H]3[C@H](ON(c4ccccc4)[C@H]3c3ccccc3)C2=O)sc(C)c1C. The van der Waals surface area contributed by atoms with Gasteiger partial charge in [-0.05, 0) is 37.1 Å². The van der Waals surface area contributed by atoms with Crippen LogP contribution in [0.5, 0.6) is 0 Å². The Morgan fingerprint density at radius 2 is 1.61 bits per heavy atom. The summed E-state index contributed by atoms with van der Waals surface area (Å²) in [5.74, 6) is -2.19. The molecule has 0 saturated carbocycles. The number of carbonyl (C=O) groups excluding carboxylic acids is 3. The van der Waals surface area contributed by atoms with Gasteiger partial charge in [-0.2, -0.15) is 0 Å². The van der Waals surface area contributed by atoms with Crippen molar-refractivity contribution >= 4 is 39.8 Å². The minimum Gasteiger partial charge on any atom is -0.465 e. The molecule has 2 aliphatic rings. The van der Waals surface area contributed by atoms with Gasteiger partial charge in [-0.3, -0.25) is 14.4 Å². The van der Waals surface area contributed by atoms with Crippen LogP contribution in [-0.4, -0.2) is 31.0 Å². The van der Waals surface area contributed by atoms with E-state index in [4.69, 9.17) is 9.57 Å². The highest BCUT2D eigenvalue weighted by atomic mass is 32.1. The van der Waals surface area contributed by atoms with Crippen LogP contribution in [0.15, 0.2) is 60.7 Å². The summed E-state index contributed by atoms with van der Waals surface area (Å²) in [5, 5.41) is 1.95. The number of benzene rings is 2. The van der Waals surface area contributed by atoms with E-state index in [1.165, 1.54) is 18.4 Å². The minimum absolute atomic E-state index is 0.248. The summed E-state index contributed by atoms with van der Waals surface area (Å²) >= 11 is 1.24. The number of carbonyl (C=O) groups is 3. The van der Waals surface area contributed by atoms with Crippen LogP contribution in [0.25, 0.3) is 0 Å². The lowest BCUT2D eigenvalue weighted by atomic mass is 9.90. The zero-order chi connectivity index (χ0) is 23.3. The number of esters is 1. The average molecular weight is 463 g/mol. The van der Waals surface area contributed by atoms with Gasteiger partial charge >= 0.3 is 5.97 Å². The number of hydroxylamine groups is 1. The molecule has 5 rings (SSSR count). The van der Waals surface area contributed by atoms with Crippen molar-refractivity contribution in [1.82, 2.24) is 0 Å². The normalized spacial score (nSPS) is 22.1. The Labute approximate surface area is 195 Å². The predicted octanol–water partition coefficient (Wildman–Crippen LogP) is 4.20. The third kappa shape index (κ3) is 3.25. The van der Waals surface area contributed by atoms with E-state index in [0.29, 0.717) is 10.6 Å². The number of amides is 2. The summed E-state index contributed by atoms with van der Waals surface area (Å²) in [6.07, 6.45) is -0.990. The second kappa shape index (κ2) is 8.13. The fourth-order valence-corrected chi connectivity index (χ4v) is 5.67. The van der Waals surface area contributed by atoms with Gasteiger partial charge in [0.1, 0.15) is 10.9 Å². The maximum absolute atomic E-state index is 13.8. The maximum Gasteiger partial charge on any atom is 0.341 e. The number of nitrogens with zero attached hydrogens (tertiary/aromatic N) is 2. The van der Waals surface area contributed by atoms with Crippen molar-refractivity contribution in [2.75, 3.05) is 17.1 Å². The van der Waals surface area contributed by atoms with E-state index < -0.39 is 29.9 Å². The predicted molar refractivity (Wildman–Crippen MR) is 124 cm³/mol. The van der Waals surface area contributed by atoms with Crippen LogP contribution in [0.2, 0.25) is 0 Å². The third-order valence-electron chi connectivity index (χ3n) is 6.23. The van der Waals surface area contributed by atoms with Crippen molar-refractivity contribution in [2.45, 2.75) is 26.0 Å². The van der Waals surface area contributed by atoms with Crippen LogP contribution in [0.3, 0.4) is 0 Å². The van der Waals surface area contributed by atoms with Gasteiger partial charge in [0.25, 0.3) is 5.91 Å². The van der Waals surface area contributed by atoms with Crippen molar-refractivity contribution < 1.29 is 24.0 Å². The molecule has 33 heavy (non-hydrogen) atoms. The molecule has 7 nitrogen and oxygen atoms in total. The molecule has 2 saturated heterocycles. The number of methoxy groups -OCH3 is 1. The molecule has 0 spiro atoms. The van der Waals surface area contributed by atoms with Crippen LogP contribution in [0.4, 0.5) is 10.7 Å². The number of fused-ring (bicyclic) bond motifs is 1. The smallest absolute Gasteiger partial charge is 0.341 e. The molecule has 0 unspecified atom stereocenters. The number of thiophene rings is 1. The minimum atomic E-state index is -0.990. The first-order valence-corrected chi connectivity index (χ1v) is 11.4. The van der Waals surface area contributed by atoms with Gasteiger partial charge < -0.3 is 4.74 Å². The number of hydrogen-bond acceptors (Lipinski definition) is 7. The van der Waals surface area contributed by atoms with Gasteiger partial charge in [-0.25, -0.2) is 14.8 Å². The number of anilines is 2. The van der Waals surface area contributed by atoms with Crippen LogP contribution in [0, 0.1) is 19.8 Å². The van der Waals surface area contributed by atoms with E-state index >= 15 is 0 Å². The lowest BCUT2D eigenvalue weighted by Crippen LogP contribution is -2.37. The highest BCUT2D eigenvalue weighted by Gasteiger charge is 2.61. The van der Waals surface area contributed by atoms with Crippen molar-refractivity contribution in [2.24, 2.45) is 5.92 Å². The molecule has 1 aromatic heterocycles. The summed E-state index contributed by atoms with van der Waals surface area (Å²) in [7, 11) is 1.28. The van der Waals surface area contributed by atoms with Crippen LogP contribution < -0.4 is 9.96 Å². The second-order valence-electron chi connectivity index (χ2n) is 8.04. The molecule has 3 aromatic rings. The fourth-order valence-electron chi connectivity index (χ4n) is 4.51. The Kier molecular flexibility index (Phi) is 5.26. The van der Waals surface area contributed by atoms with Crippen molar-refractivity contribution in [3.05, 3.63) is 82.2 Å². The number of aryl methyl sites for hydroxylation is 1. The molecule has 3 atom stereocenters. The zero-order valence-electron chi connectivity index (χ0n) is 18.3. The number of ether oxygens (including phenoxy) is 1. The molecule has 0 bridgehead atoms. The van der Waals surface area contributed by atoms with Gasteiger partial charge in [-0.15, -0.1) is 11.3 Å². The molecule has 2 amide bonds. The molecule has 0 N–H and O–H groups in total. The number of para-hydroxylation sites is 1. The molecule has 0 radical (unpaired) electrons. The summed E-state index contributed by atoms with van der Waals surface area (Å²) in [5.41, 5.74) is 2.57. The lowest BCUT2D eigenvalue weighted by Gasteiger charge is -2.28. The summed E-state index contributed by atoms with van der Waals surface area (Å²) in [4.78, 5) is 47.9. The molecule has 8 heteroatoms. The topological polar surface area (TPSA) is 76.2 Å². The highest BCUT2D eigenvalue weighted by molar-refractivity contribution is 7.17. The van der Waals surface area contributed by atoms with Crippen molar-refractivity contribution in [3.8, 4) is 0 Å². The van der Waals surface area contributed by atoms with E-state index in [1.54, 1.807) is 12.0 Å².